The predicted octanol–water partition coefficient (Wildman–Crippen LogP) is 2.35. The van der Waals surface area contributed by atoms with Crippen LogP contribution in [0.1, 0.15) is 11.7 Å². The van der Waals surface area contributed by atoms with E-state index in [2.05, 4.69) is 25.9 Å². The quantitative estimate of drug-likeness (QED) is 0.647. The highest BCUT2D eigenvalue weighted by molar-refractivity contribution is 9.10. The molecule has 8 nitrogen and oxygen atoms in total. The minimum atomic E-state index is -1.32. The number of nitrogens with zero attached hydrogens (tertiary/aromatic N) is 3. The van der Waals surface area contributed by atoms with E-state index in [1.54, 1.807) is 24.3 Å². The third-order valence-electron chi connectivity index (χ3n) is 2.42. The Kier molecular flexibility index (Phi) is 4.43. The summed E-state index contributed by atoms with van der Waals surface area (Å²) in [6.07, 6.45) is 0.577. The molecule has 108 valence electrons. The molecular weight excluding hydrogens is 346 g/mol. The SMILES string of the molecule is O=C(O)C(Oc1ncc([N+](=O)[O-])cn1)c1cccc(Br)c1. The topological polar surface area (TPSA) is 115 Å². The average molecular weight is 354 g/mol. The molecule has 0 saturated heterocycles. The molecule has 1 heterocycles. The highest BCUT2D eigenvalue weighted by Gasteiger charge is 2.23. The lowest BCUT2D eigenvalue weighted by Crippen LogP contribution is -2.19. The first-order chi connectivity index (χ1) is 9.97. The first-order valence-electron chi connectivity index (χ1n) is 5.58. The molecule has 0 aliphatic carbocycles. The summed E-state index contributed by atoms with van der Waals surface area (Å²) in [6, 6.07) is 6.31. The van der Waals surface area contributed by atoms with Crippen LogP contribution in [0, 0.1) is 10.1 Å². The summed E-state index contributed by atoms with van der Waals surface area (Å²) >= 11 is 3.24. The fourth-order valence-electron chi connectivity index (χ4n) is 1.50. The molecule has 0 bridgehead atoms. The third kappa shape index (κ3) is 3.72. The zero-order chi connectivity index (χ0) is 15.4. The first-order valence-corrected chi connectivity index (χ1v) is 6.38. The minimum absolute atomic E-state index is 0.257. The van der Waals surface area contributed by atoms with Crippen molar-refractivity contribution in [1.82, 2.24) is 9.97 Å². The fraction of sp³-hybridized carbons (Fsp3) is 0.0833. The molecule has 2 rings (SSSR count). The number of rotatable bonds is 5. The summed E-state index contributed by atoms with van der Waals surface area (Å²) in [6.45, 7) is 0. The summed E-state index contributed by atoms with van der Waals surface area (Å²) in [7, 11) is 0. The Bertz CT molecular complexity index is 677. The van der Waals surface area contributed by atoms with E-state index in [0.29, 0.717) is 10.0 Å². The molecule has 9 heteroatoms. The van der Waals surface area contributed by atoms with E-state index in [1.165, 1.54) is 0 Å². The van der Waals surface area contributed by atoms with Gasteiger partial charge in [0, 0.05) is 10.0 Å². The van der Waals surface area contributed by atoms with Crippen LogP contribution in [-0.4, -0.2) is 26.0 Å². The van der Waals surface area contributed by atoms with Crippen LogP contribution >= 0.6 is 15.9 Å². The maximum Gasteiger partial charge on any atom is 0.349 e. The van der Waals surface area contributed by atoms with Crippen LogP contribution in [0.2, 0.25) is 0 Å². The van der Waals surface area contributed by atoms with Gasteiger partial charge in [0.25, 0.3) is 0 Å². The molecule has 1 unspecified atom stereocenters. The van der Waals surface area contributed by atoms with Gasteiger partial charge >= 0.3 is 17.7 Å². The Hall–Kier alpha value is -2.55. The third-order valence-corrected chi connectivity index (χ3v) is 2.92. The molecular formula is C12H8BrN3O5. The van der Waals surface area contributed by atoms with E-state index >= 15 is 0 Å². The van der Waals surface area contributed by atoms with Crippen LogP contribution in [0.25, 0.3) is 0 Å². The minimum Gasteiger partial charge on any atom is -0.478 e. The van der Waals surface area contributed by atoms with Crippen molar-refractivity contribution in [1.29, 1.82) is 0 Å². The Morgan fingerprint density at radius 1 is 1.38 bits per heavy atom. The lowest BCUT2D eigenvalue weighted by molar-refractivity contribution is -0.385. The van der Waals surface area contributed by atoms with Gasteiger partial charge < -0.3 is 9.84 Å². The molecule has 0 fully saturated rings. The molecule has 0 radical (unpaired) electrons. The number of benzene rings is 1. The molecule has 21 heavy (non-hydrogen) atoms. The smallest absolute Gasteiger partial charge is 0.349 e. The van der Waals surface area contributed by atoms with E-state index in [1.807, 2.05) is 0 Å². The number of carbonyl (C=O) groups is 1. The van der Waals surface area contributed by atoms with E-state index < -0.39 is 17.0 Å². The van der Waals surface area contributed by atoms with Gasteiger partial charge in [0.15, 0.2) is 0 Å². The van der Waals surface area contributed by atoms with Crippen LogP contribution in [0.5, 0.6) is 6.01 Å². The first kappa shape index (κ1) is 14.9. The lowest BCUT2D eigenvalue weighted by atomic mass is 10.1. The number of hydrogen-bond donors (Lipinski definition) is 1. The number of carboxylic acids is 1. The molecule has 0 spiro atoms. The van der Waals surface area contributed by atoms with Crippen molar-refractivity contribution in [3.63, 3.8) is 0 Å². The summed E-state index contributed by atoms with van der Waals surface area (Å²) in [5, 5.41) is 19.7. The van der Waals surface area contributed by atoms with Crippen molar-refractivity contribution < 1.29 is 19.6 Å². The number of halogens is 1. The zero-order valence-corrected chi connectivity index (χ0v) is 11.9. The standard InChI is InChI=1S/C12H8BrN3O5/c13-8-3-1-2-7(4-8)10(11(17)18)21-12-14-5-9(6-15-12)16(19)20/h1-6,10H,(H,17,18). The van der Waals surface area contributed by atoms with E-state index in [4.69, 9.17) is 4.74 Å². The van der Waals surface area contributed by atoms with Crippen molar-refractivity contribution >= 4 is 27.6 Å². The highest BCUT2D eigenvalue weighted by Crippen LogP contribution is 2.23. The van der Waals surface area contributed by atoms with Crippen molar-refractivity contribution in [2.75, 3.05) is 0 Å². The van der Waals surface area contributed by atoms with Crippen LogP contribution in [-0.2, 0) is 4.79 Å². The van der Waals surface area contributed by atoms with Crippen molar-refractivity contribution in [2.45, 2.75) is 6.10 Å². The average Bonchev–Trinajstić information content (AvgIpc) is 2.45. The van der Waals surface area contributed by atoms with Gasteiger partial charge in [-0.15, -0.1) is 0 Å². The van der Waals surface area contributed by atoms with Gasteiger partial charge in [-0.05, 0) is 12.1 Å². The second-order valence-corrected chi connectivity index (χ2v) is 4.79. The zero-order valence-electron chi connectivity index (χ0n) is 10.3. The summed E-state index contributed by atoms with van der Waals surface area (Å²) in [5.74, 6) is -1.23. The monoisotopic (exact) mass is 353 g/mol. The molecule has 2 aromatic rings. The second kappa shape index (κ2) is 6.27. The lowest BCUT2D eigenvalue weighted by Gasteiger charge is -2.13. The van der Waals surface area contributed by atoms with Gasteiger partial charge in [-0.25, -0.2) is 4.79 Å². The second-order valence-electron chi connectivity index (χ2n) is 3.87. The van der Waals surface area contributed by atoms with Crippen LogP contribution in [0.3, 0.4) is 0 Å². The number of hydrogen-bond acceptors (Lipinski definition) is 6. The molecule has 0 amide bonds. The van der Waals surface area contributed by atoms with E-state index in [-0.39, 0.29) is 11.7 Å². The molecule has 1 aromatic carbocycles. The number of aliphatic carboxylic acids is 1. The van der Waals surface area contributed by atoms with Crippen molar-refractivity contribution in [3.8, 4) is 6.01 Å². The molecule has 0 aliphatic heterocycles. The van der Waals surface area contributed by atoms with Gasteiger partial charge in [0.1, 0.15) is 12.4 Å². The van der Waals surface area contributed by atoms with Crippen LogP contribution in [0.15, 0.2) is 41.1 Å². The van der Waals surface area contributed by atoms with Gasteiger partial charge in [-0.1, -0.05) is 28.1 Å². The number of aromatic nitrogens is 2. The Labute approximate surface area is 126 Å². The Morgan fingerprint density at radius 2 is 2.05 bits per heavy atom. The normalized spacial score (nSPS) is 11.7. The van der Waals surface area contributed by atoms with Gasteiger partial charge in [-0.3, -0.25) is 10.1 Å². The summed E-state index contributed by atoms with van der Waals surface area (Å²) in [5.41, 5.74) is 0.0792. The molecule has 1 N–H and O–H groups in total. The van der Waals surface area contributed by atoms with E-state index in [0.717, 1.165) is 12.4 Å². The predicted molar refractivity (Wildman–Crippen MR) is 73.8 cm³/mol. The van der Waals surface area contributed by atoms with Gasteiger partial charge in [0.05, 0.1) is 4.92 Å². The molecule has 0 saturated carbocycles. The van der Waals surface area contributed by atoms with E-state index in [9.17, 15) is 20.0 Å². The maximum absolute atomic E-state index is 11.3. The number of ether oxygens (including phenoxy) is 1. The van der Waals surface area contributed by atoms with Gasteiger partial charge in [-0.2, -0.15) is 9.97 Å². The van der Waals surface area contributed by atoms with Crippen molar-refractivity contribution in [2.24, 2.45) is 0 Å². The fourth-order valence-corrected chi connectivity index (χ4v) is 1.92. The summed E-state index contributed by atoms with van der Waals surface area (Å²) < 4.78 is 5.88. The largest absolute Gasteiger partial charge is 0.478 e. The van der Waals surface area contributed by atoms with Crippen LogP contribution in [0.4, 0.5) is 5.69 Å². The Balaban J connectivity index is 2.24. The van der Waals surface area contributed by atoms with Gasteiger partial charge in [0.2, 0.25) is 6.10 Å². The maximum atomic E-state index is 11.3. The molecule has 0 aliphatic rings. The highest BCUT2D eigenvalue weighted by atomic mass is 79.9. The summed E-state index contributed by atoms with van der Waals surface area (Å²) in [4.78, 5) is 28.4. The molecule has 1 aromatic heterocycles. The number of nitro groups is 1. The number of carboxylic acid groups (broad SMARTS) is 1. The van der Waals surface area contributed by atoms with Crippen molar-refractivity contribution in [3.05, 3.63) is 56.8 Å². The van der Waals surface area contributed by atoms with Crippen LogP contribution < -0.4 is 4.74 Å². The molecule has 1 atom stereocenters. The Morgan fingerprint density at radius 3 is 2.57 bits per heavy atom.